The van der Waals surface area contributed by atoms with Crippen molar-refractivity contribution in [1.82, 2.24) is 9.97 Å². The monoisotopic (exact) mass is 534 g/mol. The molecule has 0 amide bonds. The van der Waals surface area contributed by atoms with E-state index in [1.807, 2.05) is 12.1 Å². The van der Waals surface area contributed by atoms with Crippen LogP contribution in [0.2, 0.25) is 0 Å². The van der Waals surface area contributed by atoms with Gasteiger partial charge in [0.05, 0.1) is 37.6 Å². The summed E-state index contributed by atoms with van der Waals surface area (Å²) >= 11 is 0. The van der Waals surface area contributed by atoms with E-state index in [1.165, 1.54) is 13.2 Å². The zero-order chi connectivity index (χ0) is 27.7. The number of fused-ring (bicyclic) bond motifs is 2. The predicted molar refractivity (Wildman–Crippen MR) is 144 cm³/mol. The number of carbonyl (C=O) groups is 1. The average Bonchev–Trinajstić information content (AvgIpc) is 3.51. The Bertz CT molecular complexity index is 1530. The number of benzene rings is 2. The molecular weight excluding hydrogens is 503 g/mol. The second-order valence-corrected chi connectivity index (χ2v) is 10.2. The molecule has 1 unspecified atom stereocenters. The predicted octanol–water partition coefficient (Wildman–Crippen LogP) is 5.12. The molecular formula is C30H31FN2O6. The first-order valence-corrected chi connectivity index (χ1v) is 12.8. The summed E-state index contributed by atoms with van der Waals surface area (Å²) in [6.45, 7) is 4.53. The van der Waals surface area contributed by atoms with Crippen LogP contribution in [0, 0.1) is 5.82 Å². The van der Waals surface area contributed by atoms with Crippen LogP contribution in [0.1, 0.15) is 54.4 Å². The lowest BCUT2D eigenvalue weighted by atomic mass is 9.85. The Hall–Kier alpha value is -3.95. The third-order valence-electron chi connectivity index (χ3n) is 7.04. The number of pyridine rings is 1. The van der Waals surface area contributed by atoms with E-state index in [0.29, 0.717) is 57.3 Å². The van der Waals surface area contributed by atoms with Gasteiger partial charge in [0, 0.05) is 40.1 Å². The number of rotatable bonds is 10. The van der Waals surface area contributed by atoms with Crippen molar-refractivity contribution >= 4 is 16.7 Å². The number of nitrogens with one attached hydrogen (secondary N) is 1. The highest BCUT2D eigenvalue weighted by molar-refractivity contribution is 5.97. The molecule has 1 aliphatic heterocycles. The van der Waals surface area contributed by atoms with E-state index in [0.717, 1.165) is 5.56 Å². The van der Waals surface area contributed by atoms with Crippen molar-refractivity contribution in [3.63, 3.8) is 0 Å². The molecule has 39 heavy (non-hydrogen) atoms. The Morgan fingerprint density at radius 1 is 1.23 bits per heavy atom. The fraction of sp³-hybridized carbons (Fsp3) is 0.333. The number of hydrogen-bond acceptors (Lipinski definition) is 7. The van der Waals surface area contributed by atoms with Crippen molar-refractivity contribution in [3.05, 3.63) is 71.3 Å². The smallest absolute Gasteiger partial charge is 0.163 e. The molecule has 0 fully saturated rings. The number of H-pyrrole nitrogens is 1. The number of carbonyl (C=O) groups excluding carboxylic acids is 1. The number of aromatic amines is 1. The number of methoxy groups -OCH3 is 1. The zero-order valence-electron chi connectivity index (χ0n) is 22.1. The summed E-state index contributed by atoms with van der Waals surface area (Å²) in [6, 6.07) is 11.5. The molecule has 0 radical (unpaired) electrons. The van der Waals surface area contributed by atoms with Gasteiger partial charge < -0.3 is 29.4 Å². The highest BCUT2D eigenvalue weighted by Gasteiger charge is 2.36. The third kappa shape index (κ3) is 5.07. The number of nitrogens with zero attached hydrogens (tertiary/aromatic N) is 1. The van der Waals surface area contributed by atoms with Gasteiger partial charge in [-0.05, 0) is 36.8 Å². The molecule has 2 aromatic heterocycles. The number of para-hydroxylation sites is 1. The van der Waals surface area contributed by atoms with E-state index in [9.17, 15) is 14.3 Å². The number of halogens is 1. The molecule has 2 aromatic carbocycles. The lowest BCUT2D eigenvalue weighted by molar-refractivity contribution is 0.0937. The van der Waals surface area contributed by atoms with Gasteiger partial charge in [-0.25, -0.2) is 9.37 Å². The standard InChI is InChI=1S/C30H31FN2O6/c1-30(2)16-39-29-20(30)14-22(33-28(29)19-15-32-27-18(19)5-4-6-21(27)31)24(36)9-8-23(35)17-7-10-25(38-12-11-34)26(13-17)37-3/h4-7,10,13-15,24,32,34,36H,8-9,11-12,16H2,1-3H3. The molecule has 1 atom stereocenters. The average molecular weight is 535 g/mol. The first-order chi connectivity index (χ1) is 18.7. The van der Waals surface area contributed by atoms with Crippen molar-refractivity contribution in [1.29, 1.82) is 0 Å². The Balaban J connectivity index is 1.42. The highest BCUT2D eigenvalue weighted by Crippen LogP contribution is 2.46. The van der Waals surface area contributed by atoms with Crippen LogP contribution in [0.5, 0.6) is 17.2 Å². The van der Waals surface area contributed by atoms with Gasteiger partial charge in [-0.3, -0.25) is 4.79 Å². The summed E-state index contributed by atoms with van der Waals surface area (Å²) in [7, 11) is 1.48. The number of Topliss-reactive ketones (excluding diaryl/α,β-unsaturated/α-hetero) is 1. The van der Waals surface area contributed by atoms with Crippen molar-refractivity contribution < 1.29 is 33.6 Å². The third-order valence-corrected chi connectivity index (χ3v) is 7.04. The highest BCUT2D eigenvalue weighted by atomic mass is 19.1. The molecule has 0 aliphatic carbocycles. The summed E-state index contributed by atoms with van der Waals surface area (Å²) < 4.78 is 31.2. The van der Waals surface area contributed by atoms with Gasteiger partial charge in [0.2, 0.25) is 0 Å². The van der Waals surface area contributed by atoms with Crippen molar-refractivity contribution in [3.8, 4) is 28.5 Å². The normalized spacial score (nSPS) is 14.6. The maximum atomic E-state index is 14.4. The van der Waals surface area contributed by atoms with Gasteiger partial charge in [0.1, 0.15) is 23.9 Å². The van der Waals surface area contributed by atoms with Crippen LogP contribution in [-0.2, 0) is 5.41 Å². The van der Waals surface area contributed by atoms with Gasteiger partial charge in [0.25, 0.3) is 0 Å². The largest absolute Gasteiger partial charge is 0.493 e. The van der Waals surface area contributed by atoms with Crippen LogP contribution in [-0.4, -0.2) is 52.9 Å². The van der Waals surface area contributed by atoms with Gasteiger partial charge in [-0.1, -0.05) is 26.0 Å². The van der Waals surface area contributed by atoms with Crippen LogP contribution in [0.3, 0.4) is 0 Å². The molecule has 4 aromatic rings. The first kappa shape index (κ1) is 26.6. The molecule has 5 rings (SSSR count). The van der Waals surface area contributed by atoms with E-state index in [-0.39, 0.29) is 43.1 Å². The second-order valence-electron chi connectivity index (χ2n) is 10.2. The van der Waals surface area contributed by atoms with Gasteiger partial charge >= 0.3 is 0 Å². The van der Waals surface area contributed by atoms with E-state index >= 15 is 0 Å². The van der Waals surface area contributed by atoms with Crippen LogP contribution in [0.15, 0.2) is 48.7 Å². The molecule has 8 nitrogen and oxygen atoms in total. The lowest BCUT2D eigenvalue weighted by Crippen LogP contribution is -2.18. The Labute approximate surface area is 225 Å². The van der Waals surface area contributed by atoms with Crippen LogP contribution >= 0.6 is 0 Å². The maximum Gasteiger partial charge on any atom is 0.163 e. The molecule has 0 bridgehead atoms. The Morgan fingerprint density at radius 3 is 2.82 bits per heavy atom. The fourth-order valence-corrected chi connectivity index (χ4v) is 4.87. The van der Waals surface area contributed by atoms with E-state index in [4.69, 9.17) is 24.3 Å². The number of aromatic nitrogens is 2. The molecule has 0 saturated heterocycles. The fourth-order valence-electron chi connectivity index (χ4n) is 4.87. The van der Waals surface area contributed by atoms with Gasteiger partial charge in [0.15, 0.2) is 17.3 Å². The number of aliphatic hydroxyl groups excluding tert-OH is 2. The lowest BCUT2D eigenvalue weighted by Gasteiger charge is -2.18. The van der Waals surface area contributed by atoms with Crippen molar-refractivity contribution in [2.24, 2.45) is 0 Å². The Morgan fingerprint density at radius 2 is 2.05 bits per heavy atom. The minimum Gasteiger partial charge on any atom is -0.493 e. The number of aliphatic hydroxyl groups is 2. The molecule has 9 heteroatoms. The molecule has 0 spiro atoms. The summed E-state index contributed by atoms with van der Waals surface area (Å²) in [5.41, 5.74) is 3.02. The minimum absolute atomic E-state index is 0.0768. The topological polar surface area (TPSA) is 114 Å². The van der Waals surface area contributed by atoms with E-state index in [2.05, 4.69) is 18.8 Å². The van der Waals surface area contributed by atoms with Gasteiger partial charge in [-0.15, -0.1) is 0 Å². The first-order valence-electron chi connectivity index (χ1n) is 12.8. The van der Waals surface area contributed by atoms with Crippen LogP contribution < -0.4 is 14.2 Å². The molecule has 204 valence electrons. The second kappa shape index (κ2) is 10.7. The summed E-state index contributed by atoms with van der Waals surface area (Å²) in [6.07, 6.45) is 0.920. The van der Waals surface area contributed by atoms with Crippen molar-refractivity contribution in [2.45, 2.75) is 38.2 Å². The van der Waals surface area contributed by atoms with Crippen molar-refractivity contribution in [2.75, 3.05) is 26.9 Å². The maximum absolute atomic E-state index is 14.4. The summed E-state index contributed by atoms with van der Waals surface area (Å²) in [5, 5.41) is 20.8. The molecule has 3 heterocycles. The molecule has 0 saturated carbocycles. The number of ether oxygens (including phenoxy) is 3. The number of ketones is 1. The SMILES string of the molecule is COc1cc(C(=O)CCC(O)c2cc3c(c(-c4c[nH]c5c(F)cccc45)n2)OCC3(C)C)ccc1OCCO. The van der Waals surface area contributed by atoms with Crippen LogP contribution in [0.4, 0.5) is 4.39 Å². The zero-order valence-corrected chi connectivity index (χ0v) is 22.1. The Kier molecular flexibility index (Phi) is 7.29. The minimum atomic E-state index is -1.01. The molecule has 3 N–H and O–H groups in total. The number of hydrogen-bond donors (Lipinski definition) is 3. The summed E-state index contributed by atoms with van der Waals surface area (Å²) in [4.78, 5) is 20.7. The molecule has 1 aliphatic rings. The van der Waals surface area contributed by atoms with Crippen LogP contribution in [0.25, 0.3) is 22.2 Å². The van der Waals surface area contributed by atoms with Gasteiger partial charge in [-0.2, -0.15) is 0 Å². The summed E-state index contributed by atoms with van der Waals surface area (Å²) in [5.74, 6) is 0.902. The quantitative estimate of drug-likeness (QED) is 0.242. The van der Waals surface area contributed by atoms with E-state index < -0.39 is 6.10 Å². The van der Waals surface area contributed by atoms with E-state index in [1.54, 1.807) is 30.5 Å².